The van der Waals surface area contributed by atoms with Gasteiger partial charge in [-0.1, -0.05) is 23.8 Å². The summed E-state index contributed by atoms with van der Waals surface area (Å²) in [6, 6.07) is 15.5. The number of nitrogens with zero attached hydrogens (tertiary/aromatic N) is 3. The number of fused-ring (bicyclic) bond motifs is 2. The third-order valence-electron chi connectivity index (χ3n) is 5.35. The van der Waals surface area contributed by atoms with Gasteiger partial charge in [0.05, 0.1) is 22.3 Å². The van der Waals surface area contributed by atoms with Crippen LogP contribution in [0.5, 0.6) is 11.5 Å². The first-order valence-electron chi connectivity index (χ1n) is 10.1. The van der Waals surface area contributed by atoms with Crippen molar-refractivity contribution in [1.29, 1.82) is 0 Å². The van der Waals surface area contributed by atoms with Crippen LogP contribution in [0.15, 0.2) is 48.5 Å². The zero-order valence-electron chi connectivity index (χ0n) is 17.6. The molecule has 7 heteroatoms. The second kappa shape index (κ2) is 7.43. The number of aromatic nitrogens is 3. The van der Waals surface area contributed by atoms with Crippen molar-refractivity contribution >= 4 is 16.9 Å². The fourth-order valence-electron chi connectivity index (χ4n) is 3.79. The molecule has 4 aromatic rings. The van der Waals surface area contributed by atoms with E-state index in [1.807, 2.05) is 69.3 Å². The summed E-state index contributed by atoms with van der Waals surface area (Å²) in [5, 5.41) is 8.44. The van der Waals surface area contributed by atoms with Gasteiger partial charge in [0.2, 0.25) is 6.79 Å². The summed E-state index contributed by atoms with van der Waals surface area (Å²) < 4.78 is 12.6. The van der Waals surface area contributed by atoms with Crippen LogP contribution >= 0.6 is 0 Å². The molecular formula is C24H22N4O3. The highest BCUT2D eigenvalue weighted by atomic mass is 16.7. The zero-order valence-corrected chi connectivity index (χ0v) is 17.6. The first-order valence-corrected chi connectivity index (χ1v) is 10.1. The maximum Gasteiger partial charge on any atom is 0.252 e. The van der Waals surface area contributed by atoms with Crippen molar-refractivity contribution in [1.82, 2.24) is 20.1 Å². The molecule has 0 saturated carbocycles. The minimum Gasteiger partial charge on any atom is -0.454 e. The van der Waals surface area contributed by atoms with Crippen molar-refractivity contribution in [2.45, 2.75) is 27.3 Å². The molecule has 7 nitrogen and oxygen atoms in total. The molecule has 0 fully saturated rings. The minimum atomic E-state index is -0.167. The van der Waals surface area contributed by atoms with Crippen molar-refractivity contribution in [3.63, 3.8) is 0 Å². The van der Waals surface area contributed by atoms with Gasteiger partial charge in [0.1, 0.15) is 0 Å². The first-order chi connectivity index (χ1) is 15.0. The minimum absolute atomic E-state index is 0.167. The van der Waals surface area contributed by atoms with E-state index >= 15 is 0 Å². The molecule has 0 spiro atoms. The summed E-state index contributed by atoms with van der Waals surface area (Å²) in [4.78, 5) is 17.8. The van der Waals surface area contributed by atoms with Crippen molar-refractivity contribution < 1.29 is 14.3 Å². The Balaban J connectivity index is 1.48. The number of carbonyl (C=O) groups excluding carboxylic acids is 1. The van der Waals surface area contributed by atoms with Crippen LogP contribution in [0, 0.1) is 20.8 Å². The SMILES string of the molecule is Cc1ccc(-n2nc(C)c3c(C(=O)NCc4ccc5c(c4)OCO5)cc(C)nc32)cc1. The number of ether oxygens (including phenoxy) is 2. The Bertz CT molecular complexity index is 1310. The number of nitrogens with one attached hydrogen (secondary N) is 1. The second-order valence-corrected chi connectivity index (χ2v) is 7.71. The lowest BCUT2D eigenvalue weighted by molar-refractivity contribution is 0.0952. The van der Waals surface area contributed by atoms with Crippen LogP contribution < -0.4 is 14.8 Å². The summed E-state index contributed by atoms with van der Waals surface area (Å²) >= 11 is 0. The Kier molecular flexibility index (Phi) is 4.58. The highest BCUT2D eigenvalue weighted by molar-refractivity contribution is 6.06. The molecule has 31 heavy (non-hydrogen) atoms. The van der Waals surface area contributed by atoms with Gasteiger partial charge < -0.3 is 14.8 Å². The Labute approximate surface area is 179 Å². The summed E-state index contributed by atoms with van der Waals surface area (Å²) in [5.74, 6) is 1.25. The fourth-order valence-corrected chi connectivity index (χ4v) is 3.79. The summed E-state index contributed by atoms with van der Waals surface area (Å²) in [7, 11) is 0. The van der Waals surface area contributed by atoms with Crippen LogP contribution in [0.1, 0.15) is 32.9 Å². The summed E-state index contributed by atoms with van der Waals surface area (Å²) in [6.45, 7) is 6.43. The van der Waals surface area contributed by atoms with E-state index in [0.717, 1.165) is 33.8 Å². The van der Waals surface area contributed by atoms with Gasteiger partial charge in [-0.25, -0.2) is 9.67 Å². The van der Waals surface area contributed by atoms with E-state index in [-0.39, 0.29) is 12.7 Å². The lowest BCUT2D eigenvalue weighted by Gasteiger charge is -2.09. The lowest BCUT2D eigenvalue weighted by Crippen LogP contribution is -2.23. The highest BCUT2D eigenvalue weighted by Gasteiger charge is 2.20. The lowest BCUT2D eigenvalue weighted by atomic mass is 10.1. The van der Waals surface area contributed by atoms with Gasteiger partial charge >= 0.3 is 0 Å². The number of pyridine rings is 1. The quantitative estimate of drug-likeness (QED) is 0.546. The number of benzene rings is 2. The van der Waals surface area contributed by atoms with Crippen LogP contribution in [0.2, 0.25) is 0 Å². The molecule has 1 amide bonds. The molecule has 156 valence electrons. The van der Waals surface area contributed by atoms with Crippen LogP contribution in [-0.4, -0.2) is 27.5 Å². The van der Waals surface area contributed by atoms with E-state index in [0.29, 0.717) is 23.5 Å². The zero-order chi connectivity index (χ0) is 21.5. The standard InChI is InChI=1S/C24H22N4O3/c1-14-4-7-18(8-5-14)28-23-22(16(3)27-28)19(10-15(2)26-23)24(29)25-12-17-6-9-20-21(11-17)31-13-30-20/h4-11H,12-13H2,1-3H3,(H,25,29). The van der Waals surface area contributed by atoms with E-state index in [1.165, 1.54) is 5.56 Å². The van der Waals surface area contributed by atoms with Crippen LogP contribution in [0.3, 0.4) is 0 Å². The molecule has 0 aliphatic carbocycles. The maximum absolute atomic E-state index is 13.1. The second-order valence-electron chi connectivity index (χ2n) is 7.71. The maximum atomic E-state index is 13.1. The van der Waals surface area contributed by atoms with Gasteiger partial charge in [-0.15, -0.1) is 0 Å². The summed E-state index contributed by atoms with van der Waals surface area (Å²) in [6.07, 6.45) is 0. The molecule has 2 aromatic carbocycles. The van der Waals surface area contributed by atoms with E-state index in [9.17, 15) is 4.79 Å². The van der Waals surface area contributed by atoms with E-state index < -0.39 is 0 Å². The van der Waals surface area contributed by atoms with Crippen molar-refractivity contribution in [2.24, 2.45) is 0 Å². The van der Waals surface area contributed by atoms with E-state index in [4.69, 9.17) is 9.47 Å². The van der Waals surface area contributed by atoms with Gasteiger partial charge in [0.15, 0.2) is 17.1 Å². The van der Waals surface area contributed by atoms with Crippen molar-refractivity contribution in [2.75, 3.05) is 6.79 Å². The van der Waals surface area contributed by atoms with E-state index in [1.54, 1.807) is 4.68 Å². The molecule has 3 heterocycles. The Hall–Kier alpha value is -3.87. The number of hydrogen-bond acceptors (Lipinski definition) is 5. The predicted molar refractivity (Wildman–Crippen MR) is 117 cm³/mol. The normalized spacial score (nSPS) is 12.4. The number of aryl methyl sites for hydroxylation is 3. The van der Waals surface area contributed by atoms with Crippen molar-refractivity contribution in [3.05, 3.63) is 76.6 Å². The van der Waals surface area contributed by atoms with Gasteiger partial charge in [-0.3, -0.25) is 4.79 Å². The smallest absolute Gasteiger partial charge is 0.252 e. The summed E-state index contributed by atoms with van der Waals surface area (Å²) in [5.41, 5.74) is 5.78. The molecule has 1 aliphatic heterocycles. The molecule has 0 saturated heterocycles. The number of carbonyl (C=O) groups is 1. The van der Waals surface area contributed by atoms with Gasteiger partial charge in [0, 0.05) is 12.2 Å². The van der Waals surface area contributed by atoms with Gasteiger partial charge in [0.25, 0.3) is 5.91 Å². The largest absolute Gasteiger partial charge is 0.454 e. The molecule has 1 N–H and O–H groups in total. The monoisotopic (exact) mass is 414 g/mol. The Morgan fingerprint density at radius 2 is 1.81 bits per heavy atom. The first kappa shape index (κ1) is 19.1. The third-order valence-corrected chi connectivity index (χ3v) is 5.35. The molecular weight excluding hydrogens is 392 g/mol. The van der Waals surface area contributed by atoms with Crippen LogP contribution in [0.25, 0.3) is 16.7 Å². The average Bonchev–Trinajstić information content (AvgIpc) is 3.36. The molecule has 0 unspecified atom stereocenters. The van der Waals surface area contributed by atoms with E-state index in [2.05, 4.69) is 15.4 Å². The topological polar surface area (TPSA) is 78.3 Å². The molecule has 0 radical (unpaired) electrons. The Morgan fingerprint density at radius 3 is 2.61 bits per heavy atom. The molecule has 5 rings (SSSR count). The number of amides is 1. The van der Waals surface area contributed by atoms with Crippen LogP contribution in [-0.2, 0) is 6.54 Å². The predicted octanol–water partition coefficient (Wildman–Crippen LogP) is 4.00. The molecule has 0 atom stereocenters. The Morgan fingerprint density at radius 1 is 1.03 bits per heavy atom. The highest BCUT2D eigenvalue weighted by Crippen LogP contribution is 2.32. The molecule has 2 aromatic heterocycles. The number of hydrogen-bond donors (Lipinski definition) is 1. The fraction of sp³-hybridized carbons (Fsp3) is 0.208. The number of rotatable bonds is 4. The van der Waals surface area contributed by atoms with Crippen LogP contribution in [0.4, 0.5) is 0 Å². The average molecular weight is 414 g/mol. The van der Waals surface area contributed by atoms with Gasteiger partial charge in [-0.2, -0.15) is 5.10 Å². The van der Waals surface area contributed by atoms with Crippen molar-refractivity contribution in [3.8, 4) is 17.2 Å². The molecule has 0 bridgehead atoms. The molecule has 1 aliphatic rings. The third kappa shape index (κ3) is 3.48. The van der Waals surface area contributed by atoms with Gasteiger partial charge in [-0.05, 0) is 56.7 Å².